The summed E-state index contributed by atoms with van der Waals surface area (Å²) in [7, 11) is 0. The molecule has 0 saturated heterocycles. The molecule has 0 atom stereocenters. The van der Waals surface area contributed by atoms with Crippen LogP contribution < -0.4 is 5.32 Å². The van der Waals surface area contributed by atoms with Gasteiger partial charge in [-0.25, -0.2) is 9.67 Å². The van der Waals surface area contributed by atoms with E-state index in [-0.39, 0.29) is 11.4 Å². The second-order valence-electron chi connectivity index (χ2n) is 7.31. The van der Waals surface area contributed by atoms with Gasteiger partial charge in [-0.3, -0.25) is 14.9 Å². The highest BCUT2D eigenvalue weighted by atomic mass is 16.6. The summed E-state index contributed by atoms with van der Waals surface area (Å²) in [6.45, 7) is 1.68. The average molecular weight is 439 g/mol. The Morgan fingerprint density at radius 2 is 1.85 bits per heavy atom. The fourth-order valence-corrected chi connectivity index (χ4v) is 3.58. The van der Waals surface area contributed by atoms with Gasteiger partial charge in [0.05, 0.1) is 33.0 Å². The number of carbonyl (C=O) groups is 1. The number of H-pyrrole nitrogens is 1. The molecule has 0 spiro atoms. The van der Waals surface area contributed by atoms with Crippen molar-refractivity contribution >= 4 is 28.3 Å². The summed E-state index contributed by atoms with van der Waals surface area (Å²) in [5.41, 5.74) is 3.93. The molecule has 1 amide bonds. The smallest absolute Gasteiger partial charge is 0.278 e. The summed E-state index contributed by atoms with van der Waals surface area (Å²) in [4.78, 5) is 31.5. The van der Waals surface area contributed by atoms with E-state index in [1.165, 1.54) is 16.8 Å². The second kappa shape index (κ2) is 8.00. The van der Waals surface area contributed by atoms with Crippen molar-refractivity contribution in [2.75, 3.05) is 5.32 Å². The minimum atomic E-state index is -0.488. The van der Waals surface area contributed by atoms with Crippen molar-refractivity contribution in [1.82, 2.24) is 25.0 Å². The third-order valence-corrected chi connectivity index (χ3v) is 5.21. The zero-order chi connectivity index (χ0) is 22.9. The largest absolute Gasteiger partial charge is 0.338 e. The maximum absolute atomic E-state index is 13.0. The lowest BCUT2D eigenvalue weighted by Crippen LogP contribution is -2.15. The number of imidazole rings is 1. The molecule has 0 unspecified atom stereocenters. The molecule has 0 aliphatic heterocycles. The highest BCUT2D eigenvalue weighted by Crippen LogP contribution is 2.28. The number of anilines is 1. The Bertz CT molecular complexity index is 1490. The van der Waals surface area contributed by atoms with Crippen molar-refractivity contribution in [3.05, 3.63) is 94.3 Å². The fraction of sp³-hybridized carbons (Fsp3) is 0.0435. The van der Waals surface area contributed by atoms with Crippen molar-refractivity contribution in [2.24, 2.45) is 0 Å². The number of hydrogen-bond donors (Lipinski definition) is 2. The number of para-hydroxylation sites is 3. The number of benzene rings is 3. The van der Waals surface area contributed by atoms with Crippen LogP contribution in [0.2, 0.25) is 0 Å². The molecule has 10 heteroatoms. The maximum atomic E-state index is 13.0. The highest BCUT2D eigenvalue weighted by molar-refractivity contribution is 6.05. The molecule has 162 valence electrons. The van der Waals surface area contributed by atoms with Gasteiger partial charge in [-0.2, -0.15) is 0 Å². The zero-order valence-corrected chi connectivity index (χ0v) is 17.4. The topological polar surface area (TPSA) is 132 Å². The number of nitro benzene ring substituents is 1. The number of nitrogens with zero attached hydrogens (tertiary/aromatic N) is 5. The lowest BCUT2D eigenvalue weighted by molar-refractivity contribution is -0.384. The number of nitro groups is 1. The van der Waals surface area contributed by atoms with E-state index in [4.69, 9.17) is 0 Å². The Kier molecular flexibility index (Phi) is 4.87. The van der Waals surface area contributed by atoms with E-state index < -0.39 is 10.8 Å². The molecule has 0 aliphatic carbocycles. The van der Waals surface area contributed by atoms with Gasteiger partial charge in [-0.15, -0.1) is 5.10 Å². The van der Waals surface area contributed by atoms with Crippen LogP contribution in [0.4, 0.5) is 11.4 Å². The van der Waals surface area contributed by atoms with Crippen LogP contribution in [-0.4, -0.2) is 35.8 Å². The van der Waals surface area contributed by atoms with E-state index in [0.717, 1.165) is 16.6 Å². The number of nitrogens with one attached hydrogen (secondary N) is 2. The molecule has 5 rings (SSSR count). The molecule has 2 aromatic heterocycles. The first-order valence-corrected chi connectivity index (χ1v) is 10.0. The molecule has 33 heavy (non-hydrogen) atoms. The number of amides is 1. The van der Waals surface area contributed by atoms with Gasteiger partial charge in [0.15, 0.2) is 5.69 Å². The maximum Gasteiger partial charge on any atom is 0.278 e. The van der Waals surface area contributed by atoms with Crippen LogP contribution in [-0.2, 0) is 0 Å². The Balaban J connectivity index is 1.46. The molecule has 0 bridgehead atoms. The molecular formula is C23H17N7O3. The minimum Gasteiger partial charge on any atom is -0.338 e. The Morgan fingerprint density at radius 1 is 1.06 bits per heavy atom. The van der Waals surface area contributed by atoms with Gasteiger partial charge in [-0.05, 0) is 37.3 Å². The summed E-state index contributed by atoms with van der Waals surface area (Å²) in [6.07, 6.45) is 0. The fourth-order valence-electron chi connectivity index (χ4n) is 3.58. The summed E-state index contributed by atoms with van der Waals surface area (Å²) >= 11 is 0. The van der Waals surface area contributed by atoms with Crippen molar-refractivity contribution in [3.63, 3.8) is 0 Å². The first kappa shape index (κ1) is 20.1. The van der Waals surface area contributed by atoms with Crippen molar-refractivity contribution < 1.29 is 9.72 Å². The van der Waals surface area contributed by atoms with Crippen LogP contribution in [0.15, 0.2) is 72.8 Å². The van der Waals surface area contributed by atoms with Crippen molar-refractivity contribution in [2.45, 2.75) is 6.92 Å². The van der Waals surface area contributed by atoms with E-state index in [1.54, 1.807) is 25.1 Å². The van der Waals surface area contributed by atoms with Gasteiger partial charge < -0.3 is 10.3 Å². The number of rotatable bonds is 5. The average Bonchev–Trinajstić information content (AvgIpc) is 3.43. The predicted molar refractivity (Wildman–Crippen MR) is 122 cm³/mol. The van der Waals surface area contributed by atoms with Gasteiger partial charge in [0, 0.05) is 17.7 Å². The number of aromatic amines is 1. The van der Waals surface area contributed by atoms with Crippen LogP contribution in [0.25, 0.3) is 28.1 Å². The first-order valence-electron chi connectivity index (χ1n) is 10.0. The molecule has 0 fully saturated rings. The summed E-state index contributed by atoms with van der Waals surface area (Å²) < 4.78 is 1.40. The summed E-state index contributed by atoms with van der Waals surface area (Å²) in [6, 6.07) is 21.0. The molecule has 0 radical (unpaired) electrons. The standard InChI is InChI=1S/C23H17N7O3/c1-14-21(27-28-29(14)15-7-6-8-16(13-15)30(32)33)23(31)26-18-10-3-2-9-17(18)22-24-19-11-4-5-12-20(19)25-22/h2-13H,1H3,(H,24,25)(H,26,31). The van der Waals surface area contributed by atoms with Gasteiger partial charge >= 0.3 is 0 Å². The van der Waals surface area contributed by atoms with Crippen LogP contribution in [0.3, 0.4) is 0 Å². The Hall–Kier alpha value is -4.86. The summed E-state index contributed by atoms with van der Waals surface area (Å²) in [5.74, 6) is 0.178. The van der Waals surface area contributed by atoms with Crippen molar-refractivity contribution in [1.29, 1.82) is 0 Å². The van der Waals surface area contributed by atoms with E-state index >= 15 is 0 Å². The molecule has 2 N–H and O–H groups in total. The predicted octanol–water partition coefficient (Wildman–Crippen LogP) is 4.28. The molecule has 2 heterocycles. The lowest BCUT2D eigenvalue weighted by Gasteiger charge is -2.09. The zero-order valence-electron chi connectivity index (χ0n) is 17.4. The normalized spacial score (nSPS) is 10.9. The van der Waals surface area contributed by atoms with Crippen LogP contribution >= 0.6 is 0 Å². The highest BCUT2D eigenvalue weighted by Gasteiger charge is 2.20. The van der Waals surface area contributed by atoms with Crippen LogP contribution in [0, 0.1) is 17.0 Å². The van der Waals surface area contributed by atoms with Crippen LogP contribution in [0.1, 0.15) is 16.2 Å². The molecule has 5 aromatic rings. The quantitative estimate of drug-likeness (QED) is 0.310. The molecule has 10 nitrogen and oxygen atoms in total. The molecule has 0 saturated carbocycles. The number of hydrogen-bond acceptors (Lipinski definition) is 6. The van der Waals surface area contributed by atoms with Gasteiger partial charge in [0.1, 0.15) is 5.82 Å². The van der Waals surface area contributed by atoms with E-state index in [0.29, 0.717) is 22.9 Å². The minimum absolute atomic E-state index is 0.0758. The molecule has 0 aliphatic rings. The van der Waals surface area contributed by atoms with Crippen LogP contribution in [0.5, 0.6) is 0 Å². The second-order valence-corrected chi connectivity index (χ2v) is 7.31. The third-order valence-electron chi connectivity index (χ3n) is 5.21. The van der Waals surface area contributed by atoms with E-state index in [2.05, 4.69) is 25.6 Å². The SMILES string of the molecule is Cc1c(C(=O)Nc2ccccc2-c2nc3ccccc3[nH]2)nnn1-c1cccc([N+](=O)[O-])c1. The Morgan fingerprint density at radius 3 is 2.67 bits per heavy atom. The van der Waals surface area contributed by atoms with Crippen molar-refractivity contribution in [3.8, 4) is 17.1 Å². The number of aromatic nitrogens is 5. The van der Waals surface area contributed by atoms with Gasteiger partial charge in [0.25, 0.3) is 11.6 Å². The number of fused-ring (bicyclic) bond motifs is 1. The monoisotopic (exact) mass is 439 g/mol. The van der Waals surface area contributed by atoms with Gasteiger partial charge in [-0.1, -0.05) is 35.5 Å². The van der Waals surface area contributed by atoms with E-state index in [9.17, 15) is 14.9 Å². The summed E-state index contributed by atoms with van der Waals surface area (Å²) in [5, 5.41) is 22.0. The first-order chi connectivity index (χ1) is 16.0. The molecule has 3 aromatic carbocycles. The number of non-ortho nitro benzene ring substituents is 1. The van der Waals surface area contributed by atoms with E-state index in [1.807, 2.05) is 42.5 Å². The number of carbonyl (C=O) groups excluding carboxylic acids is 1. The Labute approximate surface area is 187 Å². The molecular weight excluding hydrogens is 422 g/mol. The van der Waals surface area contributed by atoms with Gasteiger partial charge in [0.2, 0.25) is 0 Å². The lowest BCUT2D eigenvalue weighted by atomic mass is 10.1. The third kappa shape index (κ3) is 3.69.